The second-order valence-electron chi connectivity index (χ2n) is 6.87. The van der Waals surface area contributed by atoms with Gasteiger partial charge in [0.05, 0.1) is 14.2 Å². The molecule has 0 aliphatic carbocycles. The molecule has 0 spiro atoms. The molecule has 1 heterocycles. The number of hydrogen-bond acceptors (Lipinski definition) is 2. The minimum absolute atomic E-state index is 0.343. The van der Waals surface area contributed by atoms with Crippen LogP contribution in [-0.2, 0) is 5.41 Å². The lowest BCUT2D eigenvalue weighted by atomic mass is 9.67. The molecule has 3 nitrogen and oxygen atoms in total. The molecule has 0 radical (unpaired) electrons. The zero-order valence-electron chi connectivity index (χ0n) is 16.2. The summed E-state index contributed by atoms with van der Waals surface area (Å²) in [4.78, 5) is 0. The highest BCUT2D eigenvalue weighted by Crippen LogP contribution is 2.48. The van der Waals surface area contributed by atoms with Crippen molar-refractivity contribution in [2.75, 3.05) is 21.3 Å². The molecule has 0 amide bonds. The third kappa shape index (κ3) is 2.46. The molecular weight excluding hydrogens is 334 g/mol. The monoisotopic (exact) mass is 358 g/mol. The van der Waals surface area contributed by atoms with Crippen LogP contribution in [0.3, 0.4) is 0 Å². The van der Waals surface area contributed by atoms with Crippen molar-refractivity contribution in [2.24, 2.45) is 0 Å². The maximum atomic E-state index is 5.38. The molecule has 136 valence electrons. The Morgan fingerprint density at radius 1 is 0.704 bits per heavy atom. The summed E-state index contributed by atoms with van der Waals surface area (Å²) in [5, 5.41) is 0. The average Bonchev–Trinajstić information content (AvgIpc) is 2.96. The molecule has 0 N–H and O–H groups in total. The Bertz CT molecular complexity index is 954. The van der Waals surface area contributed by atoms with E-state index < -0.39 is 0 Å². The number of ether oxygens (including phenoxy) is 2. The van der Waals surface area contributed by atoms with Gasteiger partial charge in [-0.05, 0) is 35.4 Å². The van der Waals surface area contributed by atoms with Gasteiger partial charge in [0.15, 0.2) is 5.71 Å². The minimum Gasteiger partial charge on any atom is -0.497 e. The normalized spacial score (nSPS) is 14.8. The van der Waals surface area contributed by atoms with Crippen LogP contribution in [-0.4, -0.2) is 31.6 Å². The Hall–Kier alpha value is -3.07. The maximum Gasteiger partial charge on any atom is 0.209 e. The predicted octanol–water partition coefficient (Wildman–Crippen LogP) is 4.79. The molecule has 0 unspecified atom stereocenters. The fourth-order valence-corrected chi connectivity index (χ4v) is 4.29. The Labute approximate surface area is 160 Å². The molecule has 3 heteroatoms. The summed E-state index contributed by atoms with van der Waals surface area (Å²) in [5.41, 5.74) is 5.91. The van der Waals surface area contributed by atoms with E-state index in [1.807, 2.05) is 24.3 Å². The number of para-hydroxylation sites is 1. The molecule has 1 aliphatic heterocycles. The fraction of sp³-hybridized carbons (Fsp3) is 0.208. The zero-order chi connectivity index (χ0) is 19.0. The van der Waals surface area contributed by atoms with E-state index >= 15 is 0 Å². The van der Waals surface area contributed by atoms with Crippen molar-refractivity contribution in [1.82, 2.24) is 0 Å². The van der Waals surface area contributed by atoms with Crippen molar-refractivity contribution >= 4 is 11.4 Å². The first-order chi connectivity index (χ1) is 13.1. The average molecular weight is 358 g/mol. The van der Waals surface area contributed by atoms with Crippen LogP contribution in [0.5, 0.6) is 11.5 Å². The maximum absolute atomic E-state index is 5.38. The molecule has 0 bridgehead atoms. The van der Waals surface area contributed by atoms with Crippen molar-refractivity contribution in [3.63, 3.8) is 0 Å². The molecular formula is C24H24NO2+. The largest absolute Gasteiger partial charge is 0.497 e. The second-order valence-corrected chi connectivity index (χ2v) is 6.87. The van der Waals surface area contributed by atoms with Crippen molar-refractivity contribution in [1.29, 1.82) is 0 Å². The molecule has 0 saturated heterocycles. The van der Waals surface area contributed by atoms with E-state index in [4.69, 9.17) is 9.47 Å². The number of nitrogens with zero attached hydrogens (tertiary/aromatic N) is 1. The van der Waals surface area contributed by atoms with E-state index in [2.05, 4.69) is 67.1 Å². The van der Waals surface area contributed by atoms with Gasteiger partial charge in [0.2, 0.25) is 5.69 Å². The highest BCUT2D eigenvalue weighted by Gasteiger charge is 2.51. The van der Waals surface area contributed by atoms with Gasteiger partial charge in [0.25, 0.3) is 0 Å². The number of rotatable bonds is 4. The van der Waals surface area contributed by atoms with E-state index in [1.54, 1.807) is 14.2 Å². The Kier molecular flexibility index (Phi) is 4.23. The smallest absolute Gasteiger partial charge is 0.209 e. The number of benzene rings is 3. The minimum atomic E-state index is -0.343. The first kappa shape index (κ1) is 17.3. The van der Waals surface area contributed by atoms with Gasteiger partial charge < -0.3 is 9.47 Å². The van der Waals surface area contributed by atoms with E-state index in [1.165, 1.54) is 28.1 Å². The lowest BCUT2D eigenvalue weighted by molar-refractivity contribution is -0.402. The SMILES string of the molecule is COc1ccc(C2(c3ccc(OC)cc3)C(C)=[N+](C)c3ccccc32)cc1. The molecule has 0 fully saturated rings. The van der Waals surface area contributed by atoms with Crippen LogP contribution in [0.15, 0.2) is 72.8 Å². The topological polar surface area (TPSA) is 21.5 Å². The quantitative estimate of drug-likeness (QED) is 0.626. The van der Waals surface area contributed by atoms with E-state index in [0.29, 0.717) is 0 Å². The number of hydrogen-bond donors (Lipinski definition) is 0. The van der Waals surface area contributed by atoms with Crippen LogP contribution in [0.2, 0.25) is 0 Å². The Balaban J connectivity index is 2.04. The van der Waals surface area contributed by atoms with Crippen LogP contribution < -0.4 is 9.47 Å². The van der Waals surface area contributed by atoms with Gasteiger partial charge in [0, 0.05) is 18.6 Å². The van der Waals surface area contributed by atoms with Gasteiger partial charge in [-0.3, -0.25) is 0 Å². The highest BCUT2D eigenvalue weighted by atomic mass is 16.5. The van der Waals surface area contributed by atoms with Crippen molar-refractivity contribution in [3.8, 4) is 11.5 Å². The fourth-order valence-electron chi connectivity index (χ4n) is 4.29. The summed E-state index contributed by atoms with van der Waals surface area (Å²) in [6.45, 7) is 2.22. The summed E-state index contributed by atoms with van der Waals surface area (Å²) in [5.74, 6) is 1.72. The summed E-state index contributed by atoms with van der Waals surface area (Å²) in [6, 6.07) is 25.5. The zero-order valence-corrected chi connectivity index (χ0v) is 16.2. The van der Waals surface area contributed by atoms with E-state index in [9.17, 15) is 0 Å². The molecule has 3 aromatic carbocycles. The number of methoxy groups -OCH3 is 2. The van der Waals surface area contributed by atoms with Gasteiger partial charge in [-0.25, -0.2) is 4.58 Å². The first-order valence-corrected chi connectivity index (χ1v) is 9.09. The van der Waals surface area contributed by atoms with Gasteiger partial charge in [0.1, 0.15) is 24.0 Å². The van der Waals surface area contributed by atoms with Gasteiger partial charge in [-0.2, -0.15) is 0 Å². The number of fused-ring (bicyclic) bond motifs is 1. The molecule has 4 rings (SSSR count). The third-order valence-electron chi connectivity index (χ3n) is 5.76. The summed E-state index contributed by atoms with van der Waals surface area (Å²) < 4.78 is 13.1. The van der Waals surface area contributed by atoms with Crippen molar-refractivity contribution in [2.45, 2.75) is 12.3 Å². The lowest BCUT2D eigenvalue weighted by Gasteiger charge is -2.29. The summed E-state index contributed by atoms with van der Waals surface area (Å²) in [6.07, 6.45) is 0. The molecule has 0 aromatic heterocycles. The van der Waals surface area contributed by atoms with Crippen LogP contribution in [0.1, 0.15) is 23.6 Å². The van der Waals surface area contributed by atoms with Gasteiger partial charge >= 0.3 is 0 Å². The predicted molar refractivity (Wildman–Crippen MR) is 109 cm³/mol. The van der Waals surface area contributed by atoms with Crippen LogP contribution >= 0.6 is 0 Å². The van der Waals surface area contributed by atoms with Crippen LogP contribution in [0.4, 0.5) is 5.69 Å². The lowest BCUT2D eigenvalue weighted by Crippen LogP contribution is -2.36. The van der Waals surface area contributed by atoms with Gasteiger partial charge in [-0.15, -0.1) is 0 Å². The van der Waals surface area contributed by atoms with Crippen LogP contribution in [0, 0.1) is 0 Å². The molecule has 0 atom stereocenters. The first-order valence-electron chi connectivity index (χ1n) is 9.09. The summed E-state index contributed by atoms with van der Waals surface area (Å²) >= 11 is 0. The third-order valence-corrected chi connectivity index (χ3v) is 5.76. The summed E-state index contributed by atoms with van der Waals surface area (Å²) in [7, 11) is 5.54. The molecule has 1 aliphatic rings. The van der Waals surface area contributed by atoms with E-state index in [0.717, 1.165) is 11.5 Å². The van der Waals surface area contributed by atoms with Crippen molar-refractivity contribution in [3.05, 3.63) is 89.5 Å². The second kappa shape index (κ2) is 6.58. The standard InChI is InChI=1S/C24H24NO2/c1-17-24(18-9-13-20(26-3)14-10-18,19-11-15-21(27-4)16-12-19)22-7-5-6-8-23(22)25(17)2/h5-16H,1-4H3/q+1. The van der Waals surface area contributed by atoms with E-state index in [-0.39, 0.29) is 5.41 Å². The molecule has 3 aromatic rings. The van der Waals surface area contributed by atoms with Crippen LogP contribution in [0.25, 0.3) is 0 Å². The van der Waals surface area contributed by atoms with Gasteiger partial charge in [-0.1, -0.05) is 42.5 Å². The molecule has 0 saturated carbocycles. The Morgan fingerprint density at radius 3 is 1.67 bits per heavy atom. The molecule has 27 heavy (non-hydrogen) atoms. The van der Waals surface area contributed by atoms with Crippen molar-refractivity contribution < 1.29 is 14.0 Å². The highest BCUT2D eigenvalue weighted by molar-refractivity contribution is 6.01. The Morgan fingerprint density at radius 2 is 1.19 bits per heavy atom.